The van der Waals surface area contributed by atoms with Gasteiger partial charge >= 0.3 is 0 Å². The number of hydrogen-bond acceptors (Lipinski definition) is 5. The van der Waals surface area contributed by atoms with E-state index in [4.69, 9.17) is 11.6 Å². The van der Waals surface area contributed by atoms with Crippen LogP contribution in [-0.2, 0) is 9.84 Å². The number of anilines is 1. The lowest BCUT2D eigenvalue weighted by Crippen LogP contribution is -2.16. The first-order chi connectivity index (χ1) is 9.02. The van der Waals surface area contributed by atoms with Crippen molar-refractivity contribution in [2.45, 2.75) is 25.2 Å². The van der Waals surface area contributed by atoms with Crippen molar-refractivity contribution < 1.29 is 8.42 Å². The Morgan fingerprint density at radius 3 is 2.74 bits per heavy atom. The molecule has 1 atom stereocenters. The Kier molecular flexibility index (Phi) is 3.39. The third-order valence-corrected chi connectivity index (χ3v) is 5.58. The summed E-state index contributed by atoms with van der Waals surface area (Å²) in [7, 11) is -2.82. The number of sulfone groups is 1. The van der Waals surface area contributed by atoms with Crippen molar-refractivity contribution in [1.29, 1.82) is 0 Å². The fourth-order valence-electron chi connectivity index (χ4n) is 2.33. The summed E-state index contributed by atoms with van der Waals surface area (Å²) in [5, 5.41) is 3.63. The minimum Gasteiger partial charge on any atom is -0.370 e. The van der Waals surface area contributed by atoms with Crippen molar-refractivity contribution in [3.63, 3.8) is 0 Å². The maximum Gasteiger partial charge on any atom is 0.150 e. The Labute approximate surface area is 117 Å². The van der Waals surface area contributed by atoms with Crippen LogP contribution < -0.4 is 5.32 Å². The van der Waals surface area contributed by atoms with Crippen molar-refractivity contribution in [2.24, 2.45) is 5.92 Å². The zero-order valence-corrected chi connectivity index (χ0v) is 12.0. The highest BCUT2D eigenvalue weighted by molar-refractivity contribution is 7.91. The second kappa shape index (κ2) is 4.90. The van der Waals surface area contributed by atoms with E-state index in [1.807, 2.05) is 0 Å². The maximum absolute atomic E-state index is 11.4. The van der Waals surface area contributed by atoms with Gasteiger partial charge in [0.25, 0.3) is 0 Å². The van der Waals surface area contributed by atoms with Crippen LogP contribution in [0.3, 0.4) is 0 Å². The molecule has 1 aliphatic heterocycles. The van der Waals surface area contributed by atoms with Crippen molar-refractivity contribution in [2.75, 3.05) is 23.4 Å². The molecule has 7 heteroatoms. The zero-order chi connectivity index (χ0) is 13.5. The standard InChI is InChI=1S/C12H16ClN3O2S/c13-10-5-11(16-12(15-10)9-1-2-9)14-6-8-3-4-19(17,18)7-8/h5,8-9H,1-4,6-7H2,(H,14,15,16). The lowest BCUT2D eigenvalue weighted by Gasteiger charge is -2.11. The van der Waals surface area contributed by atoms with Crippen LogP contribution in [-0.4, -0.2) is 36.4 Å². The molecule has 104 valence electrons. The maximum atomic E-state index is 11.4. The Morgan fingerprint density at radius 2 is 2.11 bits per heavy atom. The predicted octanol–water partition coefficient (Wildman–Crippen LogP) is 1.85. The Balaban J connectivity index is 1.63. The topological polar surface area (TPSA) is 72.0 Å². The SMILES string of the molecule is O=S1(=O)CCC(CNc2cc(Cl)nc(C3CC3)n2)C1. The van der Waals surface area contributed by atoms with Gasteiger partial charge in [0.1, 0.15) is 16.8 Å². The van der Waals surface area contributed by atoms with Gasteiger partial charge in [-0.15, -0.1) is 0 Å². The van der Waals surface area contributed by atoms with E-state index in [0.717, 1.165) is 25.1 Å². The summed E-state index contributed by atoms with van der Waals surface area (Å²) in [6, 6.07) is 1.69. The molecule has 19 heavy (non-hydrogen) atoms. The first kappa shape index (κ1) is 13.1. The van der Waals surface area contributed by atoms with Gasteiger partial charge < -0.3 is 5.32 Å². The van der Waals surface area contributed by atoms with Gasteiger partial charge in [0, 0.05) is 18.5 Å². The van der Waals surface area contributed by atoms with E-state index < -0.39 is 9.84 Å². The summed E-state index contributed by atoms with van der Waals surface area (Å²) < 4.78 is 22.8. The third-order valence-electron chi connectivity index (χ3n) is 3.55. The van der Waals surface area contributed by atoms with E-state index in [1.54, 1.807) is 6.07 Å². The molecule has 3 rings (SSSR count). The van der Waals surface area contributed by atoms with Crippen molar-refractivity contribution in [3.05, 3.63) is 17.0 Å². The fraction of sp³-hybridized carbons (Fsp3) is 0.667. The summed E-state index contributed by atoms with van der Waals surface area (Å²) >= 11 is 5.98. The van der Waals surface area contributed by atoms with E-state index in [-0.39, 0.29) is 11.7 Å². The molecule has 1 aromatic rings. The second-order valence-electron chi connectivity index (χ2n) is 5.36. The summed E-state index contributed by atoms with van der Waals surface area (Å²) in [5.74, 6) is 2.69. The van der Waals surface area contributed by atoms with Gasteiger partial charge in [-0.25, -0.2) is 18.4 Å². The highest BCUT2D eigenvalue weighted by Crippen LogP contribution is 2.38. The molecule has 0 radical (unpaired) electrons. The van der Waals surface area contributed by atoms with Gasteiger partial charge in [-0.05, 0) is 25.2 Å². The fourth-order valence-corrected chi connectivity index (χ4v) is 4.38. The number of nitrogens with zero attached hydrogens (tertiary/aromatic N) is 2. The van der Waals surface area contributed by atoms with E-state index in [9.17, 15) is 8.42 Å². The molecular formula is C12H16ClN3O2S. The van der Waals surface area contributed by atoms with E-state index in [1.165, 1.54) is 0 Å². The molecule has 1 aromatic heterocycles. The number of hydrogen-bond donors (Lipinski definition) is 1. The third kappa shape index (κ3) is 3.36. The minimum absolute atomic E-state index is 0.170. The van der Waals surface area contributed by atoms with Gasteiger partial charge in [0.2, 0.25) is 0 Å². The van der Waals surface area contributed by atoms with Crippen LogP contribution >= 0.6 is 11.6 Å². The number of halogens is 1. The molecule has 2 fully saturated rings. The number of nitrogens with one attached hydrogen (secondary N) is 1. The molecule has 0 spiro atoms. The molecule has 1 N–H and O–H groups in total. The minimum atomic E-state index is -2.82. The second-order valence-corrected chi connectivity index (χ2v) is 7.97. The lowest BCUT2D eigenvalue weighted by molar-refractivity contribution is 0.595. The molecule has 1 saturated carbocycles. The number of rotatable bonds is 4. The van der Waals surface area contributed by atoms with Crippen molar-refractivity contribution in [3.8, 4) is 0 Å². The predicted molar refractivity (Wildman–Crippen MR) is 74.3 cm³/mol. The molecule has 5 nitrogen and oxygen atoms in total. The molecule has 2 aliphatic rings. The lowest BCUT2D eigenvalue weighted by atomic mass is 10.1. The van der Waals surface area contributed by atoms with E-state index in [2.05, 4.69) is 15.3 Å². The average Bonchev–Trinajstić information content (AvgIpc) is 3.11. The van der Waals surface area contributed by atoms with E-state index in [0.29, 0.717) is 29.2 Å². The highest BCUT2D eigenvalue weighted by Gasteiger charge is 2.29. The largest absolute Gasteiger partial charge is 0.370 e. The average molecular weight is 302 g/mol. The molecule has 0 aromatic carbocycles. The van der Waals surface area contributed by atoms with Crippen LogP contribution in [0.5, 0.6) is 0 Å². The van der Waals surface area contributed by atoms with Crippen LogP contribution in [0.4, 0.5) is 5.82 Å². The molecule has 1 aliphatic carbocycles. The van der Waals surface area contributed by atoms with Crippen LogP contribution in [0.25, 0.3) is 0 Å². The van der Waals surface area contributed by atoms with E-state index >= 15 is 0 Å². The van der Waals surface area contributed by atoms with Gasteiger partial charge in [0.15, 0.2) is 9.84 Å². The van der Waals surface area contributed by atoms with Gasteiger partial charge in [-0.3, -0.25) is 0 Å². The Bertz CT molecular complexity index is 587. The summed E-state index contributed by atoms with van der Waals surface area (Å²) in [5.41, 5.74) is 0. The highest BCUT2D eigenvalue weighted by atomic mass is 35.5. The molecular weight excluding hydrogens is 286 g/mol. The Morgan fingerprint density at radius 1 is 1.32 bits per heavy atom. The van der Waals surface area contributed by atoms with Gasteiger partial charge in [-0.1, -0.05) is 11.6 Å². The quantitative estimate of drug-likeness (QED) is 0.859. The number of aromatic nitrogens is 2. The smallest absolute Gasteiger partial charge is 0.150 e. The van der Waals surface area contributed by atoms with Gasteiger partial charge in [0.05, 0.1) is 11.5 Å². The molecule has 1 unspecified atom stereocenters. The normalized spacial score (nSPS) is 25.4. The van der Waals surface area contributed by atoms with Crippen molar-refractivity contribution in [1.82, 2.24) is 9.97 Å². The summed E-state index contributed by atoms with van der Waals surface area (Å²) in [6.45, 7) is 0.622. The van der Waals surface area contributed by atoms with Crippen molar-refractivity contribution >= 4 is 27.3 Å². The molecule has 0 amide bonds. The first-order valence-electron chi connectivity index (χ1n) is 6.50. The van der Waals surface area contributed by atoms with Gasteiger partial charge in [-0.2, -0.15) is 0 Å². The monoisotopic (exact) mass is 301 g/mol. The first-order valence-corrected chi connectivity index (χ1v) is 8.70. The van der Waals surface area contributed by atoms with Crippen LogP contribution in [0.15, 0.2) is 6.07 Å². The molecule has 2 heterocycles. The van der Waals surface area contributed by atoms with Crippen LogP contribution in [0.2, 0.25) is 5.15 Å². The Hall–Kier alpha value is -0.880. The van der Waals surface area contributed by atoms with Crippen LogP contribution in [0, 0.1) is 5.92 Å². The summed E-state index contributed by atoms with van der Waals surface area (Å²) in [4.78, 5) is 8.65. The molecule has 1 saturated heterocycles. The zero-order valence-electron chi connectivity index (χ0n) is 10.5. The summed E-state index contributed by atoms with van der Waals surface area (Å²) in [6.07, 6.45) is 2.98. The molecule has 0 bridgehead atoms. The van der Waals surface area contributed by atoms with Crippen LogP contribution in [0.1, 0.15) is 31.0 Å².